The zero-order chi connectivity index (χ0) is 36.2. The van der Waals surface area contributed by atoms with E-state index in [0.29, 0.717) is 11.1 Å². The summed E-state index contributed by atoms with van der Waals surface area (Å²) in [5, 5.41) is 24.5. The van der Waals surface area contributed by atoms with E-state index < -0.39 is 0 Å². The highest BCUT2D eigenvalue weighted by Gasteiger charge is 2.21. The van der Waals surface area contributed by atoms with E-state index in [2.05, 4.69) is 179 Å². The van der Waals surface area contributed by atoms with Gasteiger partial charge in [-0.1, -0.05) is 109 Å². The van der Waals surface area contributed by atoms with Crippen LogP contribution in [0.4, 0.5) is 0 Å². The summed E-state index contributed by atoms with van der Waals surface area (Å²) in [6.45, 7) is 0. The standard InChI is InChI=1S/C50H30N4/c51-31-33-19-23-45(39(27-33)32-52)54-48-25-21-37(35-13-6-2-7-14-35)29-44(48)50-41(17-10-18-49(50)54)38-22-26-47-43(30-38)42-28-36(34-11-4-1-5-12-34)20-24-46(42)53(47)40-15-8-3-9-16-40/h1-30H. The summed E-state index contributed by atoms with van der Waals surface area (Å²) in [6, 6.07) is 68.1. The lowest BCUT2D eigenvalue weighted by Gasteiger charge is -2.11. The predicted molar refractivity (Wildman–Crippen MR) is 221 cm³/mol. The zero-order valence-corrected chi connectivity index (χ0v) is 29.1. The molecular weight excluding hydrogens is 657 g/mol. The van der Waals surface area contributed by atoms with Crippen molar-refractivity contribution in [2.45, 2.75) is 0 Å². The first-order valence-electron chi connectivity index (χ1n) is 18.0. The molecule has 10 aromatic rings. The molecule has 0 radical (unpaired) electrons. The maximum atomic E-state index is 10.3. The molecule has 0 bridgehead atoms. The monoisotopic (exact) mass is 686 g/mol. The Morgan fingerprint density at radius 2 is 0.926 bits per heavy atom. The van der Waals surface area contributed by atoms with Gasteiger partial charge >= 0.3 is 0 Å². The Labute approximate surface area is 312 Å². The third-order valence-corrected chi connectivity index (χ3v) is 10.6. The molecule has 8 aromatic carbocycles. The number of para-hydroxylation sites is 1. The van der Waals surface area contributed by atoms with Crippen molar-refractivity contribution in [1.82, 2.24) is 9.13 Å². The lowest BCUT2D eigenvalue weighted by molar-refractivity contribution is 1.16. The van der Waals surface area contributed by atoms with Crippen molar-refractivity contribution in [2.24, 2.45) is 0 Å². The van der Waals surface area contributed by atoms with Gasteiger partial charge in [0.1, 0.15) is 6.07 Å². The highest BCUT2D eigenvalue weighted by atomic mass is 15.0. The fourth-order valence-corrected chi connectivity index (χ4v) is 8.13. The first-order chi connectivity index (χ1) is 26.7. The van der Waals surface area contributed by atoms with Gasteiger partial charge in [-0.3, -0.25) is 0 Å². The molecule has 250 valence electrons. The summed E-state index contributed by atoms with van der Waals surface area (Å²) in [5.41, 5.74) is 13.9. The van der Waals surface area contributed by atoms with Crippen LogP contribution >= 0.6 is 0 Å². The molecule has 54 heavy (non-hydrogen) atoms. The van der Waals surface area contributed by atoms with Crippen LogP contribution in [0.15, 0.2) is 182 Å². The average Bonchev–Trinajstić information content (AvgIpc) is 3.76. The molecule has 4 heteroatoms. The minimum absolute atomic E-state index is 0.453. The Kier molecular flexibility index (Phi) is 7.22. The van der Waals surface area contributed by atoms with E-state index in [1.165, 1.54) is 21.9 Å². The Bertz CT molecular complexity index is 3160. The average molecular weight is 687 g/mol. The predicted octanol–water partition coefficient (Wildman–Crippen LogP) is 12.6. The normalized spacial score (nSPS) is 11.3. The lowest BCUT2D eigenvalue weighted by Crippen LogP contribution is -1.98. The van der Waals surface area contributed by atoms with E-state index in [9.17, 15) is 10.5 Å². The molecule has 0 aliphatic carbocycles. The summed E-state index contributed by atoms with van der Waals surface area (Å²) in [4.78, 5) is 0. The molecule has 2 heterocycles. The molecule has 0 saturated heterocycles. The Morgan fingerprint density at radius 1 is 0.370 bits per heavy atom. The first-order valence-corrected chi connectivity index (χ1v) is 18.0. The van der Waals surface area contributed by atoms with Crippen molar-refractivity contribution >= 4 is 43.6 Å². The Balaban J connectivity index is 1.27. The molecule has 10 rings (SSSR count). The number of rotatable bonds is 5. The first kappa shape index (κ1) is 31.1. The van der Waals surface area contributed by atoms with Crippen LogP contribution in [0.2, 0.25) is 0 Å². The molecule has 0 atom stereocenters. The molecule has 0 unspecified atom stereocenters. The number of fused-ring (bicyclic) bond motifs is 6. The van der Waals surface area contributed by atoms with Crippen molar-refractivity contribution in [2.75, 3.05) is 0 Å². The van der Waals surface area contributed by atoms with Gasteiger partial charge in [-0.2, -0.15) is 10.5 Å². The summed E-state index contributed by atoms with van der Waals surface area (Å²) in [5.74, 6) is 0. The van der Waals surface area contributed by atoms with Crippen LogP contribution in [-0.4, -0.2) is 9.13 Å². The lowest BCUT2D eigenvalue weighted by atomic mass is 9.96. The summed E-state index contributed by atoms with van der Waals surface area (Å²) >= 11 is 0. The zero-order valence-electron chi connectivity index (χ0n) is 29.1. The van der Waals surface area contributed by atoms with Crippen molar-refractivity contribution in [3.63, 3.8) is 0 Å². The van der Waals surface area contributed by atoms with Gasteiger partial charge in [-0.05, 0) is 106 Å². The minimum atomic E-state index is 0.453. The summed E-state index contributed by atoms with van der Waals surface area (Å²) in [7, 11) is 0. The van der Waals surface area contributed by atoms with Gasteiger partial charge in [0.25, 0.3) is 0 Å². The van der Waals surface area contributed by atoms with Crippen LogP contribution in [-0.2, 0) is 0 Å². The van der Waals surface area contributed by atoms with Crippen molar-refractivity contribution < 1.29 is 0 Å². The van der Waals surface area contributed by atoms with Crippen LogP contribution < -0.4 is 0 Å². The van der Waals surface area contributed by atoms with Gasteiger partial charge in [0.15, 0.2) is 0 Å². The maximum Gasteiger partial charge on any atom is 0.101 e. The third kappa shape index (κ3) is 4.90. The van der Waals surface area contributed by atoms with Crippen molar-refractivity contribution in [3.05, 3.63) is 193 Å². The molecule has 0 amide bonds. The topological polar surface area (TPSA) is 57.4 Å². The number of aromatic nitrogens is 2. The smallest absolute Gasteiger partial charge is 0.101 e. The molecule has 0 aliphatic rings. The largest absolute Gasteiger partial charge is 0.309 e. The maximum absolute atomic E-state index is 10.3. The van der Waals surface area contributed by atoms with E-state index in [-0.39, 0.29) is 0 Å². The SMILES string of the molecule is N#Cc1ccc(-n2c3ccc(-c4ccccc4)cc3c3c(-c4ccc5c(c4)c4cc(-c6ccccc6)ccc4n5-c4ccccc4)cccc32)c(C#N)c1. The Morgan fingerprint density at radius 3 is 1.54 bits per heavy atom. The van der Waals surface area contributed by atoms with E-state index >= 15 is 0 Å². The van der Waals surface area contributed by atoms with Crippen molar-refractivity contribution in [3.8, 4) is 56.9 Å². The second-order valence-corrected chi connectivity index (χ2v) is 13.6. The number of nitrogens with zero attached hydrogens (tertiary/aromatic N) is 4. The quantitative estimate of drug-likeness (QED) is 0.181. The highest BCUT2D eigenvalue weighted by molar-refractivity contribution is 6.18. The van der Waals surface area contributed by atoms with Crippen LogP contribution in [0.1, 0.15) is 11.1 Å². The molecule has 0 N–H and O–H groups in total. The fraction of sp³-hybridized carbons (Fsp3) is 0. The Hall–Kier alpha value is -7.66. The van der Waals surface area contributed by atoms with Crippen LogP contribution in [0, 0.1) is 22.7 Å². The van der Waals surface area contributed by atoms with Gasteiger partial charge in [0.2, 0.25) is 0 Å². The van der Waals surface area contributed by atoms with Crippen LogP contribution in [0.5, 0.6) is 0 Å². The van der Waals surface area contributed by atoms with E-state index in [1.807, 2.05) is 12.1 Å². The molecule has 4 nitrogen and oxygen atoms in total. The number of benzene rings is 8. The molecule has 0 fully saturated rings. The van der Waals surface area contributed by atoms with Gasteiger partial charge in [0.05, 0.1) is 45.0 Å². The third-order valence-electron chi connectivity index (χ3n) is 10.6. The molecule has 0 spiro atoms. The summed E-state index contributed by atoms with van der Waals surface area (Å²) in [6.07, 6.45) is 0. The van der Waals surface area contributed by atoms with Gasteiger partial charge in [0, 0.05) is 27.2 Å². The molecule has 0 saturated carbocycles. The van der Waals surface area contributed by atoms with E-state index in [4.69, 9.17) is 0 Å². The van der Waals surface area contributed by atoms with Crippen LogP contribution in [0.25, 0.3) is 88.4 Å². The second-order valence-electron chi connectivity index (χ2n) is 13.6. The van der Waals surface area contributed by atoms with Gasteiger partial charge < -0.3 is 9.13 Å². The number of hydrogen-bond acceptors (Lipinski definition) is 2. The number of nitriles is 2. The molecule has 2 aromatic heterocycles. The highest BCUT2D eigenvalue weighted by Crippen LogP contribution is 2.43. The van der Waals surface area contributed by atoms with E-state index in [0.717, 1.165) is 66.5 Å². The van der Waals surface area contributed by atoms with Gasteiger partial charge in [-0.25, -0.2) is 0 Å². The van der Waals surface area contributed by atoms with E-state index in [1.54, 1.807) is 12.1 Å². The summed E-state index contributed by atoms with van der Waals surface area (Å²) < 4.78 is 4.53. The van der Waals surface area contributed by atoms with Crippen molar-refractivity contribution in [1.29, 1.82) is 10.5 Å². The number of hydrogen-bond donors (Lipinski definition) is 0. The fourth-order valence-electron chi connectivity index (χ4n) is 8.13. The van der Waals surface area contributed by atoms with Crippen LogP contribution in [0.3, 0.4) is 0 Å². The second kappa shape index (κ2) is 12.5. The van der Waals surface area contributed by atoms with Gasteiger partial charge in [-0.15, -0.1) is 0 Å². The molecular formula is C50H30N4. The minimum Gasteiger partial charge on any atom is -0.309 e. The molecule has 0 aliphatic heterocycles.